The van der Waals surface area contributed by atoms with Gasteiger partial charge in [-0.3, -0.25) is 0 Å². The Morgan fingerprint density at radius 2 is 1.68 bits per heavy atom. The molecule has 0 unspecified atom stereocenters. The van der Waals surface area contributed by atoms with Crippen LogP contribution in [0, 0.1) is 0 Å². The van der Waals surface area contributed by atoms with Crippen LogP contribution in [0.5, 0.6) is 17.2 Å². The van der Waals surface area contributed by atoms with E-state index in [1.807, 2.05) is 18.2 Å². The zero-order valence-corrected chi connectivity index (χ0v) is 12.6. The molecule has 114 valence electrons. The van der Waals surface area contributed by atoms with Gasteiger partial charge in [0.05, 0.1) is 11.4 Å². The fourth-order valence-corrected chi connectivity index (χ4v) is 2.01. The summed E-state index contributed by atoms with van der Waals surface area (Å²) in [5.74, 6) is -1.48. The van der Waals surface area contributed by atoms with E-state index in [4.69, 9.17) is 18.0 Å². The second-order valence-corrected chi connectivity index (χ2v) is 4.92. The molecule has 0 fully saturated rings. The maximum Gasteiger partial charge on any atom is 0.200 e. The van der Waals surface area contributed by atoms with Gasteiger partial charge < -0.3 is 21.1 Å². The standard InChI is InChI=1S/C15H15N3O3S/c1-9(11-7-8-12(19)14(21)13(11)20)17-18(15(16)22)10-5-3-2-4-6-10/h2-8,19-21H,1H3,(H2,16,22)/b17-9+. The SMILES string of the molecule is C/C(=N\N(C(N)=S)c1ccccc1)c1ccc(O)c(O)c1O. The van der Waals surface area contributed by atoms with Crippen molar-refractivity contribution in [3.63, 3.8) is 0 Å². The number of thiocarbonyl (C=S) groups is 1. The molecule has 0 heterocycles. The first-order chi connectivity index (χ1) is 10.4. The fraction of sp³-hybridized carbons (Fsp3) is 0.0667. The van der Waals surface area contributed by atoms with E-state index in [-0.39, 0.29) is 10.7 Å². The highest BCUT2D eigenvalue weighted by Crippen LogP contribution is 2.37. The largest absolute Gasteiger partial charge is 0.504 e. The molecule has 0 radical (unpaired) electrons. The summed E-state index contributed by atoms with van der Waals surface area (Å²) in [4.78, 5) is 0. The molecule has 0 spiro atoms. The van der Waals surface area contributed by atoms with Gasteiger partial charge in [0.2, 0.25) is 5.75 Å². The number of nitrogens with two attached hydrogens (primary N) is 1. The van der Waals surface area contributed by atoms with Gasteiger partial charge in [-0.05, 0) is 43.4 Å². The van der Waals surface area contributed by atoms with Gasteiger partial charge in [-0.25, -0.2) is 5.01 Å². The third-order valence-electron chi connectivity index (χ3n) is 2.98. The normalized spacial score (nSPS) is 11.2. The predicted molar refractivity (Wildman–Crippen MR) is 89.4 cm³/mol. The highest BCUT2D eigenvalue weighted by atomic mass is 32.1. The first kappa shape index (κ1) is 15.6. The van der Waals surface area contributed by atoms with Crippen molar-refractivity contribution in [1.29, 1.82) is 0 Å². The summed E-state index contributed by atoms with van der Waals surface area (Å²) in [6.07, 6.45) is 0. The molecule has 0 atom stereocenters. The molecular weight excluding hydrogens is 302 g/mol. The average Bonchev–Trinajstić information content (AvgIpc) is 2.50. The predicted octanol–water partition coefficient (Wildman–Crippen LogP) is 2.28. The molecule has 2 rings (SSSR count). The summed E-state index contributed by atoms with van der Waals surface area (Å²) < 4.78 is 0. The van der Waals surface area contributed by atoms with Crippen molar-refractivity contribution in [3.05, 3.63) is 48.0 Å². The van der Waals surface area contributed by atoms with Crippen LogP contribution in [-0.2, 0) is 0 Å². The lowest BCUT2D eigenvalue weighted by atomic mass is 10.1. The Morgan fingerprint density at radius 1 is 1.05 bits per heavy atom. The van der Waals surface area contributed by atoms with Crippen molar-refractivity contribution in [2.45, 2.75) is 6.92 Å². The van der Waals surface area contributed by atoms with Gasteiger partial charge in [0, 0.05) is 5.56 Å². The van der Waals surface area contributed by atoms with Gasteiger partial charge in [-0.15, -0.1) is 0 Å². The van der Waals surface area contributed by atoms with E-state index in [2.05, 4.69) is 5.10 Å². The van der Waals surface area contributed by atoms with E-state index in [0.717, 1.165) is 0 Å². The fourth-order valence-electron chi connectivity index (χ4n) is 1.87. The van der Waals surface area contributed by atoms with Crippen LogP contribution in [0.2, 0.25) is 0 Å². The van der Waals surface area contributed by atoms with Gasteiger partial charge in [0.1, 0.15) is 0 Å². The van der Waals surface area contributed by atoms with Crippen LogP contribution < -0.4 is 10.7 Å². The second kappa shape index (κ2) is 6.31. The quantitative estimate of drug-likeness (QED) is 0.300. The van der Waals surface area contributed by atoms with Gasteiger partial charge in [-0.2, -0.15) is 5.10 Å². The summed E-state index contributed by atoms with van der Waals surface area (Å²) in [7, 11) is 0. The van der Waals surface area contributed by atoms with E-state index < -0.39 is 17.2 Å². The van der Waals surface area contributed by atoms with E-state index in [1.165, 1.54) is 17.1 Å². The van der Waals surface area contributed by atoms with Crippen LogP contribution in [-0.4, -0.2) is 26.1 Å². The number of rotatable bonds is 3. The Balaban J connectivity index is 2.46. The summed E-state index contributed by atoms with van der Waals surface area (Å²) in [5, 5.41) is 34.5. The zero-order valence-electron chi connectivity index (χ0n) is 11.8. The summed E-state index contributed by atoms with van der Waals surface area (Å²) in [6.45, 7) is 1.62. The number of anilines is 1. The molecule has 0 bridgehead atoms. The molecule has 22 heavy (non-hydrogen) atoms. The number of aromatic hydroxyl groups is 3. The minimum atomic E-state index is -0.603. The number of benzene rings is 2. The molecule has 0 saturated heterocycles. The maximum absolute atomic E-state index is 9.90. The van der Waals surface area contributed by atoms with Crippen LogP contribution >= 0.6 is 12.2 Å². The van der Waals surface area contributed by atoms with Crippen molar-refractivity contribution < 1.29 is 15.3 Å². The molecule has 2 aromatic carbocycles. The molecule has 0 saturated carbocycles. The molecule has 2 aromatic rings. The number of hydrogen-bond acceptors (Lipinski definition) is 5. The summed E-state index contributed by atoms with van der Waals surface area (Å²) in [6, 6.07) is 11.7. The average molecular weight is 317 g/mol. The first-order valence-corrected chi connectivity index (χ1v) is 6.76. The molecule has 0 amide bonds. The zero-order chi connectivity index (χ0) is 16.3. The van der Waals surface area contributed by atoms with E-state index in [0.29, 0.717) is 11.4 Å². The second-order valence-electron chi connectivity index (χ2n) is 4.50. The highest BCUT2D eigenvalue weighted by Gasteiger charge is 2.15. The summed E-state index contributed by atoms with van der Waals surface area (Å²) >= 11 is 4.99. The van der Waals surface area contributed by atoms with Crippen LogP contribution in [0.1, 0.15) is 12.5 Å². The smallest absolute Gasteiger partial charge is 0.200 e. The molecule has 7 heteroatoms. The van der Waals surface area contributed by atoms with E-state index >= 15 is 0 Å². The molecule has 6 nitrogen and oxygen atoms in total. The molecule has 5 N–H and O–H groups in total. The van der Waals surface area contributed by atoms with Crippen molar-refractivity contribution in [2.24, 2.45) is 10.8 Å². The molecule has 0 aliphatic heterocycles. The minimum Gasteiger partial charge on any atom is -0.504 e. The Bertz CT molecular complexity index is 732. The number of phenolic OH excluding ortho intramolecular Hbond substituents is 3. The number of hydrogen-bond donors (Lipinski definition) is 4. The Morgan fingerprint density at radius 3 is 2.27 bits per heavy atom. The van der Waals surface area contributed by atoms with Crippen LogP contribution in [0.25, 0.3) is 0 Å². The molecule has 0 aromatic heterocycles. The lowest BCUT2D eigenvalue weighted by Crippen LogP contribution is -2.31. The number of nitrogens with zero attached hydrogens (tertiary/aromatic N) is 2. The molecule has 0 aliphatic rings. The van der Waals surface area contributed by atoms with Crippen LogP contribution in [0.3, 0.4) is 0 Å². The third-order valence-corrected chi connectivity index (χ3v) is 3.15. The Hall–Kier alpha value is -2.80. The molecular formula is C15H15N3O3S. The van der Waals surface area contributed by atoms with Crippen molar-refractivity contribution in [1.82, 2.24) is 0 Å². The highest BCUT2D eigenvalue weighted by molar-refractivity contribution is 7.80. The number of para-hydroxylation sites is 1. The monoisotopic (exact) mass is 317 g/mol. The topological polar surface area (TPSA) is 102 Å². The van der Waals surface area contributed by atoms with Crippen LogP contribution in [0.4, 0.5) is 5.69 Å². The minimum absolute atomic E-state index is 0.0352. The Labute approximate surface area is 132 Å². The number of hydrazone groups is 1. The van der Waals surface area contributed by atoms with E-state index in [1.54, 1.807) is 19.1 Å². The van der Waals surface area contributed by atoms with Gasteiger partial charge in [0.25, 0.3) is 0 Å². The van der Waals surface area contributed by atoms with E-state index in [9.17, 15) is 15.3 Å². The first-order valence-electron chi connectivity index (χ1n) is 6.36. The van der Waals surface area contributed by atoms with Gasteiger partial charge >= 0.3 is 0 Å². The van der Waals surface area contributed by atoms with Gasteiger partial charge in [0.15, 0.2) is 16.6 Å². The lowest BCUT2D eigenvalue weighted by Gasteiger charge is -2.18. The van der Waals surface area contributed by atoms with Crippen LogP contribution in [0.15, 0.2) is 47.6 Å². The van der Waals surface area contributed by atoms with Crippen molar-refractivity contribution in [2.75, 3.05) is 5.01 Å². The maximum atomic E-state index is 9.90. The van der Waals surface area contributed by atoms with Gasteiger partial charge in [-0.1, -0.05) is 18.2 Å². The third kappa shape index (κ3) is 3.09. The van der Waals surface area contributed by atoms with Crippen molar-refractivity contribution in [3.8, 4) is 17.2 Å². The Kier molecular flexibility index (Phi) is 4.47. The number of phenols is 3. The lowest BCUT2D eigenvalue weighted by molar-refractivity contribution is 0.367. The molecule has 0 aliphatic carbocycles. The van der Waals surface area contributed by atoms with Crippen molar-refractivity contribution >= 4 is 28.7 Å². The summed E-state index contributed by atoms with van der Waals surface area (Å²) in [5.41, 5.74) is 6.97.